The van der Waals surface area contributed by atoms with Gasteiger partial charge in [0.15, 0.2) is 0 Å². The molecule has 0 saturated carbocycles. The van der Waals surface area contributed by atoms with E-state index in [-0.39, 0.29) is 24.6 Å². The second-order valence-corrected chi connectivity index (χ2v) is 5.51. The van der Waals surface area contributed by atoms with Crippen molar-refractivity contribution in [3.8, 4) is 0 Å². The van der Waals surface area contributed by atoms with E-state index in [0.717, 1.165) is 21.6 Å². The lowest BCUT2D eigenvalue weighted by molar-refractivity contribution is 0.193. The third-order valence-electron chi connectivity index (χ3n) is 2.77. The minimum Gasteiger partial charge on any atom is -0.392 e. The van der Waals surface area contributed by atoms with Crippen molar-refractivity contribution in [1.29, 1.82) is 0 Å². The molecule has 0 aliphatic carbocycles. The summed E-state index contributed by atoms with van der Waals surface area (Å²) in [5.41, 5.74) is 0.940. The van der Waals surface area contributed by atoms with Crippen LogP contribution in [0, 0.1) is 0 Å². The first-order valence-corrected chi connectivity index (χ1v) is 6.39. The number of nitrogens with one attached hydrogen (secondary N) is 1. The molecular formula is C11H12Cl2N2OS. The zero-order valence-electron chi connectivity index (χ0n) is 8.89. The molecule has 3 nitrogen and oxygen atoms in total. The van der Waals surface area contributed by atoms with E-state index in [1.165, 1.54) is 0 Å². The summed E-state index contributed by atoms with van der Waals surface area (Å²) in [6.45, 7) is 0.654. The number of fused-ring (bicyclic) bond motifs is 1. The molecule has 3 rings (SSSR count). The SMILES string of the molecule is Cl.OC1CNC(c2nc3cc(Cl)ccc3s2)C1. The fraction of sp³-hybridized carbons (Fsp3) is 0.364. The lowest BCUT2D eigenvalue weighted by Crippen LogP contribution is -2.14. The highest BCUT2D eigenvalue weighted by atomic mass is 35.5. The topological polar surface area (TPSA) is 45.1 Å². The van der Waals surface area contributed by atoms with Crippen molar-refractivity contribution in [3.63, 3.8) is 0 Å². The van der Waals surface area contributed by atoms with Crippen LogP contribution in [-0.4, -0.2) is 22.7 Å². The molecule has 1 aliphatic heterocycles. The van der Waals surface area contributed by atoms with Gasteiger partial charge in [-0.2, -0.15) is 0 Å². The second kappa shape index (κ2) is 5.08. The van der Waals surface area contributed by atoms with Gasteiger partial charge in [0.05, 0.1) is 22.4 Å². The van der Waals surface area contributed by atoms with Crippen LogP contribution in [0.5, 0.6) is 0 Å². The molecule has 0 amide bonds. The number of aliphatic hydroxyl groups is 1. The Kier molecular flexibility index (Phi) is 3.90. The van der Waals surface area contributed by atoms with Gasteiger partial charge < -0.3 is 10.4 Å². The molecule has 1 saturated heterocycles. The summed E-state index contributed by atoms with van der Waals surface area (Å²) in [4.78, 5) is 4.55. The van der Waals surface area contributed by atoms with Gasteiger partial charge in [0.2, 0.25) is 0 Å². The van der Waals surface area contributed by atoms with Crippen LogP contribution >= 0.6 is 35.3 Å². The summed E-state index contributed by atoms with van der Waals surface area (Å²) in [6, 6.07) is 5.93. The van der Waals surface area contributed by atoms with Crippen molar-refractivity contribution in [2.45, 2.75) is 18.6 Å². The maximum absolute atomic E-state index is 9.47. The molecular weight excluding hydrogens is 279 g/mol. The van der Waals surface area contributed by atoms with E-state index in [4.69, 9.17) is 11.6 Å². The van der Waals surface area contributed by atoms with Crippen LogP contribution in [0.2, 0.25) is 5.02 Å². The Bertz CT molecular complexity index is 531. The zero-order valence-corrected chi connectivity index (χ0v) is 11.3. The van der Waals surface area contributed by atoms with Crippen LogP contribution in [0.25, 0.3) is 10.2 Å². The predicted molar refractivity (Wildman–Crippen MR) is 73.2 cm³/mol. The first-order chi connectivity index (χ1) is 7.72. The number of aromatic nitrogens is 1. The summed E-state index contributed by atoms with van der Waals surface area (Å²) >= 11 is 7.58. The summed E-state index contributed by atoms with van der Waals surface area (Å²) in [6.07, 6.45) is 0.494. The Labute approximate surface area is 114 Å². The summed E-state index contributed by atoms with van der Waals surface area (Å²) < 4.78 is 1.14. The molecule has 2 heterocycles. The van der Waals surface area contributed by atoms with Gasteiger partial charge >= 0.3 is 0 Å². The number of benzene rings is 1. The van der Waals surface area contributed by atoms with Crippen LogP contribution in [0.1, 0.15) is 17.5 Å². The van der Waals surface area contributed by atoms with Crippen molar-refractivity contribution in [2.24, 2.45) is 0 Å². The number of thiazole rings is 1. The molecule has 2 aromatic rings. The van der Waals surface area contributed by atoms with Gasteiger partial charge in [0, 0.05) is 11.6 Å². The Morgan fingerprint density at radius 1 is 1.47 bits per heavy atom. The lowest BCUT2D eigenvalue weighted by Gasteiger charge is -2.03. The maximum Gasteiger partial charge on any atom is 0.111 e. The summed E-state index contributed by atoms with van der Waals surface area (Å²) in [5.74, 6) is 0. The Morgan fingerprint density at radius 2 is 2.29 bits per heavy atom. The van der Waals surface area contributed by atoms with Gasteiger partial charge in [0.25, 0.3) is 0 Å². The van der Waals surface area contributed by atoms with E-state index in [1.54, 1.807) is 11.3 Å². The zero-order chi connectivity index (χ0) is 11.1. The van der Waals surface area contributed by atoms with E-state index >= 15 is 0 Å². The molecule has 1 aliphatic rings. The third kappa shape index (κ3) is 2.56. The van der Waals surface area contributed by atoms with E-state index in [9.17, 15) is 5.11 Å². The van der Waals surface area contributed by atoms with Crippen molar-refractivity contribution in [2.75, 3.05) is 6.54 Å². The van der Waals surface area contributed by atoms with Gasteiger partial charge in [-0.1, -0.05) is 11.6 Å². The van der Waals surface area contributed by atoms with E-state index in [0.29, 0.717) is 11.6 Å². The molecule has 92 valence electrons. The number of nitrogens with zero attached hydrogens (tertiary/aromatic N) is 1. The minimum absolute atomic E-state index is 0. The predicted octanol–water partition coefficient (Wildman–Crippen LogP) is 2.77. The molecule has 0 radical (unpaired) electrons. The molecule has 1 fully saturated rings. The van der Waals surface area contributed by atoms with Crippen molar-refractivity contribution >= 4 is 45.6 Å². The summed E-state index contributed by atoms with van der Waals surface area (Å²) in [7, 11) is 0. The van der Waals surface area contributed by atoms with Crippen LogP contribution in [-0.2, 0) is 0 Å². The molecule has 6 heteroatoms. The molecule has 1 aromatic heterocycles. The average Bonchev–Trinajstić information content (AvgIpc) is 2.83. The monoisotopic (exact) mass is 290 g/mol. The van der Waals surface area contributed by atoms with Crippen LogP contribution in [0.15, 0.2) is 18.2 Å². The number of hydrogen-bond acceptors (Lipinski definition) is 4. The van der Waals surface area contributed by atoms with Crippen molar-refractivity contribution in [1.82, 2.24) is 10.3 Å². The van der Waals surface area contributed by atoms with Crippen molar-refractivity contribution < 1.29 is 5.11 Å². The highest BCUT2D eigenvalue weighted by Crippen LogP contribution is 2.31. The van der Waals surface area contributed by atoms with E-state index in [2.05, 4.69) is 10.3 Å². The van der Waals surface area contributed by atoms with E-state index < -0.39 is 0 Å². The Hall–Kier alpha value is -0.390. The largest absolute Gasteiger partial charge is 0.392 e. The normalized spacial score (nSPS) is 23.9. The molecule has 1 aromatic carbocycles. The highest BCUT2D eigenvalue weighted by Gasteiger charge is 2.25. The van der Waals surface area contributed by atoms with Gasteiger partial charge in [0.1, 0.15) is 5.01 Å². The van der Waals surface area contributed by atoms with Crippen molar-refractivity contribution in [3.05, 3.63) is 28.2 Å². The Balaban J connectivity index is 0.00000108. The molecule has 2 N–H and O–H groups in total. The van der Waals surface area contributed by atoms with Crippen LogP contribution in [0.3, 0.4) is 0 Å². The smallest absolute Gasteiger partial charge is 0.111 e. The van der Waals surface area contributed by atoms with Gasteiger partial charge in [-0.25, -0.2) is 4.98 Å². The van der Waals surface area contributed by atoms with Gasteiger partial charge in [-0.05, 0) is 24.6 Å². The quantitative estimate of drug-likeness (QED) is 0.849. The minimum atomic E-state index is -0.249. The third-order valence-corrected chi connectivity index (χ3v) is 4.16. The first kappa shape index (κ1) is 13.1. The second-order valence-electron chi connectivity index (χ2n) is 4.01. The number of hydrogen-bond donors (Lipinski definition) is 2. The van der Waals surface area contributed by atoms with E-state index in [1.807, 2.05) is 18.2 Å². The fourth-order valence-corrected chi connectivity index (χ4v) is 3.18. The van der Waals surface area contributed by atoms with Crippen LogP contribution in [0.4, 0.5) is 0 Å². The standard InChI is InChI=1S/C11H11ClN2OS.ClH/c12-6-1-2-10-8(3-6)14-11(16-10)9-4-7(15)5-13-9;/h1-3,7,9,13,15H,4-5H2;1H. The van der Waals surface area contributed by atoms with Gasteiger partial charge in [-0.3, -0.25) is 0 Å². The highest BCUT2D eigenvalue weighted by molar-refractivity contribution is 7.18. The Morgan fingerprint density at radius 3 is 3.00 bits per heavy atom. The molecule has 17 heavy (non-hydrogen) atoms. The molecule has 2 unspecified atom stereocenters. The molecule has 0 spiro atoms. The number of aliphatic hydroxyl groups excluding tert-OH is 1. The lowest BCUT2D eigenvalue weighted by atomic mass is 10.2. The number of halogens is 2. The maximum atomic E-state index is 9.47. The van der Waals surface area contributed by atoms with Crippen LogP contribution < -0.4 is 5.32 Å². The molecule has 0 bridgehead atoms. The average molecular weight is 291 g/mol. The summed E-state index contributed by atoms with van der Waals surface area (Å²) in [5, 5.41) is 14.5. The molecule has 2 atom stereocenters. The van der Waals surface area contributed by atoms with Gasteiger partial charge in [-0.15, -0.1) is 23.7 Å². The number of β-amino-alcohol motifs (C(OH)–C–C–N with tert-alkyl or cyclic N) is 1. The first-order valence-electron chi connectivity index (χ1n) is 5.20. The fourth-order valence-electron chi connectivity index (χ4n) is 1.97. The number of rotatable bonds is 1.